The van der Waals surface area contributed by atoms with E-state index in [0.29, 0.717) is 19.0 Å². The number of nitrogens with two attached hydrogens (primary N) is 1. The van der Waals surface area contributed by atoms with Gasteiger partial charge in [0, 0.05) is 19.8 Å². The van der Waals surface area contributed by atoms with Gasteiger partial charge in [0.05, 0.1) is 11.8 Å². The van der Waals surface area contributed by atoms with E-state index in [9.17, 15) is 0 Å². The monoisotopic (exact) mass is 192 g/mol. The summed E-state index contributed by atoms with van der Waals surface area (Å²) in [4.78, 5) is 8.31. The van der Waals surface area contributed by atoms with Gasteiger partial charge in [0.2, 0.25) is 5.88 Å². The molecule has 5 nitrogen and oxygen atoms in total. The van der Waals surface area contributed by atoms with Gasteiger partial charge in [-0.3, -0.25) is 0 Å². The van der Waals surface area contributed by atoms with Crippen LogP contribution in [-0.2, 0) is 7.05 Å². The highest BCUT2D eigenvalue weighted by Crippen LogP contribution is 2.20. The Labute approximate surface area is 81.5 Å². The molecule has 0 radical (unpaired) electrons. The minimum atomic E-state index is 0.461. The maximum absolute atomic E-state index is 5.37. The summed E-state index contributed by atoms with van der Waals surface area (Å²) in [5.41, 5.74) is 7.13. The molecule has 0 saturated carbocycles. The summed E-state index contributed by atoms with van der Waals surface area (Å²) in [7, 11) is 1.93. The number of hydrogen-bond acceptors (Lipinski definition) is 4. The first-order valence-electron chi connectivity index (χ1n) is 4.42. The molecule has 0 atom stereocenters. The molecule has 0 amide bonds. The lowest BCUT2D eigenvalue weighted by Crippen LogP contribution is -2.11. The minimum absolute atomic E-state index is 0.461. The first-order chi connectivity index (χ1) is 6.83. The molecule has 0 saturated heterocycles. The predicted octanol–water partition coefficient (Wildman–Crippen LogP) is 0.306. The SMILES string of the molecule is Cn1cnc2c(OCCN)nccc21. The zero-order valence-corrected chi connectivity index (χ0v) is 7.97. The summed E-state index contributed by atoms with van der Waals surface area (Å²) >= 11 is 0. The Hall–Kier alpha value is -1.62. The van der Waals surface area contributed by atoms with Gasteiger partial charge >= 0.3 is 0 Å². The second-order valence-electron chi connectivity index (χ2n) is 2.98. The van der Waals surface area contributed by atoms with Crippen molar-refractivity contribution in [2.24, 2.45) is 12.8 Å². The number of pyridine rings is 1. The van der Waals surface area contributed by atoms with Crippen LogP contribution in [0, 0.1) is 0 Å². The second-order valence-corrected chi connectivity index (χ2v) is 2.98. The van der Waals surface area contributed by atoms with Crippen LogP contribution >= 0.6 is 0 Å². The number of nitrogens with zero attached hydrogens (tertiary/aromatic N) is 3. The van der Waals surface area contributed by atoms with Crippen LogP contribution in [0.15, 0.2) is 18.6 Å². The molecule has 0 aromatic carbocycles. The fourth-order valence-corrected chi connectivity index (χ4v) is 1.30. The molecule has 14 heavy (non-hydrogen) atoms. The molecule has 2 aromatic rings. The van der Waals surface area contributed by atoms with Crippen LogP contribution in [0.5, 0.6) is 5.88 Å². The number of hydrogen-bond donors (Lipinski definition) is 1. The van der Waals surface area contributed by atoms with Crippen molar-refractivity contribution in [2.75, 3.05) is 13.2 Å². The van der Waals surface area contributed by atoms with Gasteiger partial charge < -0.3 is 15.0 Å². The maximum Gasteiger partial charge on any atom is 0.242 e. The van der Waals surface area contributed by atoms with Crippen LogP contribution in [0.2, 0.25) is 0 Å². The fourth-order valence-electron chi connectivity index (χ4n) is 1.30. The summed E-state index contributed by atoms with van der Waals surface area (Å²) in [6.45, 7) is 0.938. The largest absolute Gasteiger partial charge is 0.475 e. The van der Waals surface area contributed by atoms with Gasteiger partial charge in [0.25, 0.3) is 0 Å². The average molecular weight is 192 g/mol. The van der Waals surface area contributed by atoms with E-state index in [1.807, 2.05) is 17.7 Å². The first-order valence-corrected chi connectivity index (χ1v) is 4.42. The molecule has 5 heteroatoms. The molecular weight excluding hydrogens is 180 g/mol. The Balaban J connectivity index is 2.44. The lowest BCUT2D eigenvalue weighted by Gasteiger charge is -2.03. The molecule has 0 fully saturated rings. The lowest BCUT2D eigenvalue weighted by molar-refractivity contribution is 0.319. The van der Waals surface area contributed by atoms with E-state index < -0.39 is 0 Å². The smallest absolute Gasteiger partial charge is 0.242 e. The molecule has 2 rings (SSSR count). The molecule has 0 aliphatic rings. The van der Waals surface area contributed by atoms with Crippen molar-refractivity contribution in [3.8, 4) is 5.88 Å². The van der Waals surface area contributed by atoms with E-state index in [1.54, 1.807) is 12.5 Å². The standard InChI is InChI=1S/C9H12N4O/c1-13-6-12-8-7(13)2-4-11-9(8)14-5-3-10/h2,4,6H,3,5,10H2,1H3. The van der Waals surface area contributed by atoms with Gasteiger partial charge in [-0.2, -0.15) is 0 Å². The molecule has 0 spiro atoms. The third kappa shape index (κ3) is 1.42. The summed E-state index contributed by atoms with van der Waals surface area (Å²) in [5, 5.41) is 0. The highest BCUT2D eigenvalue weighted by Gasteiger charge is 2.06. The van der Waals surface area contributed by atoms with Crippen molar-refractivity contribution in [2.45, 2.75) is 0 Å². The van der Waals surface area contributed by atoms with Crippen molar-refractivity contribution in [1.82, 2.24) is 14.5 Å². The Morgan fingerprint density at radius 2 is 2.36 bits per heavy atom. The second kappa shape index (κ2) is 3.63. The van der Waals surface area contributed by atoms with Crippen molar-refractivity contribution in [3.05, 3.63) is 18.6 Å². The zero-order chi connectivity index (χ0) is 9.97. The van der Waals surface area contributed by atoms with E-state index in [0.717, 1.165) is 11.0 Å². The Bertz CT molecular complexity index is 437. The van der Waals surface area contributed by atoms with Crippen molar-refractivity contribution in [3.63, 3.8) is 0 Å². The molecule has 0 unspecified atom stereocenters. The van der Waals surface area contributed by atoms with E-state index in [1.165, 1.54) is 0 Å². The first kappa shape index (κ1) is 8.96. The van der Waals surface area contributed by atoms with Crippen LogP contribution in [0.4, 0.5) is 0 Å². The molecule has 2 heterocycles. The highest BCUT2D eigenvalue weighted by molar-refractivity contribution is 5.79. The zero-order valence-electron chi connectivity index (χ0n) is 7.97. The third-order valence-corrected chi connectivity index (χ3v) is 1.97. The summed E-state index contributed by atoms with van der Waals surface area (Å²) in [6, 6.07) is 1.90. The quantitative estimate of drug-likeness (QED) is 0.759. The van der Waals surface area contributed by atoms with Gasteiger partial charge in [-0.15, -0.1) is 0 Å². The number of imidazole rings is 1. The molecule has 0 aliphatic carbocycles. The van der Waals surface area contributed by atoms with Crippen molar-refractivity contribution >= 4 is 11.0 Å². The van der Waals surface area contributed by atoms with Crippen LogP contribution in [-0.4, -0.2) is 27.7 Å². The van der Waals surface area contributed by atoms with Crippen LogP contribution in [0.3, 0.4) is 0 Å². The molecule has 0 aliphatic heterocycles. The molecule has 74 valence electrons. The van der Waals surface area contributed by atoms with E-state index in [4.69, 9.17) is 10.5 Å². The number of aromatic nitrogens is 3. The Morgan fingerprint density at radius 3 is 3.14 bits per heavy atom. The topological polar surface area (TPSA) is 66.0 Å². The van der Waals surface area contributed by atoms with E-state index in [2.05, 4.69) is 9.97 Å². The van der Waals surface area contributed by atoms with E-state index in [-0.39, 0.29) is 0 Å². The number of ether oxygens (including phenoxy) is 1. The number of rotatable bonds is 3. The van der Waals surface area contributed by atoms with Crippen molar-refractivity contribution < 1.29 is 4.74 Å². The third-order valence-electron chi connectivity index (χ3n) is 1.97. The summed E-state index contributed by atoms with van der Waals surface area (Å²) in [6.07, 6.45) is 3.44. The number of fused-ring (bicyclic) bond motifs is 1. The van der Waals surface area contributed by atoms with Crippen molar-refractivity contribution in [1.29, 1.82) is 0 Å². The minimum Gasteiger partial charge on any atom is -0.475 e. The average Bonchev–Trinajstić information content (AvgIpc) is 2.58. The lowest BCUT2D eigenvalue weighted by atomic mass is 10.4. The molecular formula is C9H12N4O. The fraction of sp³-hybridized carbons (Fsp3) is 0.333. The van der Waals surface area contributed by atoms with Gasteiger partial charge in [-0.05, 0) is 6.07 Å². The van der Waals surface area contributed by atoms with Gasteiger partial charge in [-0.1, -0.05) is 0 Å². The molecule has 2 aromatic heterocycles. The van der Waals surface area contributed by atoms with Crippen LogP contribution < -0.4 is 10.5 Å². The van der Waals surface area contributed by atoms with Crippen LogP contribution in [0.1, 0.15) is 0 Å². The summed E-state index contributed by atoms with van der Waals surface area (Å²) in [5.74, 6) is 0.550. The Morgan fingerprint density at radius 1 is 1.50 bits per heavy atom. The molecule has 0 bridgehead atoms. The summed E-state index contributed by atoms with van der Waals surface area (Å²) < 4.78 is 7.29. The highest BCUT2D eigenvalue weighted by atomic mass is 16.5. The Kier molecular flexibility index (Phi) is 2.32. The van der Waals surface area contributed by atoms with Gasteiger partial charge in [0.15, 0.2) is 5.52 Å². The van der Waals surface area contributed by atoms with Crippen LogP contribution in [0.25, 0.3) is 11.0 Å². The van der Waals surface area contributed by atoms with E-state index >= 15 is 0 Å². The van der Waals surface area contributed by atoms with Gasteiger partial charge in [-0.25, -0.2) is 9.97 Å². The predicted molar refractivity (Wildman–Crippen MR) is 53.1 cm³/mol. The normalized spacial score (nSPS) is 10.7. The number of aryl methyl sites for hydroxylation is 1. The van der Waals surface area contributed by atoms with Gasteiger partial charge in [0.1, 0.15) is 6.61 Å². The molecule has 2 N–H and O–H groups in total. The maximum atomic E-state index is 5.37.